The lowest BCUT2D eigenvalue weighted by Crippen LogP contribution is -2.34. The molecule has 0 spiro atoms. The van der Waals surface area contributed by atoms with Crippen molar-refractivity contribution < 1.29 is 9.59 Å². The molecule has 8 heteroatoms. The van der Waals surface area contributed by atoms with Crippen molar-refractivity contribution in [3.63, 3.8) is 0 Å². The maximum Gasteiger partial charge on any atom is 0.227 e. The maximum absolute atomic E-state index is 12.5. The fraction of sp³-hybridized carbons (Fsp3) is 0.333. The van der Waals surface area contributed by atoms with Gasteiger partial charge in [0.25, 0.3) is 0 Å². The van der Waals surface area contributed by atoms with E-state index in [9.17, 15) is 9.59 Å². The van der Waals surface area contributed by atoms with Gasteiger partial charge in [-0.1, -0.05) is 18.2 Å². The Hall–Kier alpha value is -3.00. The highest BCUT2D eigenvalue weighted by molar-refractivity contribution is 7.12. The largest absolute Gasteiger partial charge is 0.355 e. The number of thiazole rings is 1. The minimum atomic E-state index is -0.316. The van der Waals surface area contributed by atoms with Gasteiger partial charge in [-0.2, -0.15) is 5.10 Å². The molecule has 1 unspecified atom stereocenters. The lowest BCUT2D eigenvalue weighted by molar-refractivity contribution is -0.126. The van der Waals surface area contributed by atoms with E-state index < -0.39 is 0 Å². The third-order valence-corrected chi connectivity index (χ3v) is 5.84. The average molecular weight is 410 g/mol. The van der Waals surface area contributed by atoms with Gasteiger partial charge in [0.15, 0.2) is 0 Å². The number of nitrogens with one attached hydrogen (secondary N) is 1. The van der Waals surface area contributed by atoms with Crippen LogP contribution in [0, 0.1) is 19.8 Å². The van der Waals surface area contributed by atoms with E-state index in [1.165, 1.54) is 11.3 Å². The van der Waals surface area contributed by atoms with Gasteiger partial charge in [-0.25, -0.2) is 9.67 Å². The smallest absolute Gasteiger partial charge is 0.227 e. The molecule has 3 aromatic rings. The number of carbonyl (C=O) groups is 2. The third kappa shape index (κ3) is 4.22. The standard InChI is InChI=1S/C21H23N5O2S/c1-14-10-15(2)26(24-14)21-23-17(13-29-21)8-9-22-20(28)16-11-19(27)25(12-16)18-6-4-3-5-7-18/h3-7,10,13,16H,8-9,11-12H2,1-2H3,(H,22,28). The molecule has 1 fully saturated rings. The molecule has 1 aromatic carbocycles. The molecule has 3 heterocycles. The number of hydrogen-bond donors (Lipinski definition) is 1. The van der Waals surface area contributed by atoms with Gasteiger partial charge in [0, 0.05) is 42.7 Å². The normalized spacial score (nSPS) is 16.4. The molecule has 2 amide bonds. The van der Waals surface area contributed by atoms with E-state index in [0.29, 0.717) is 19.5 Å². The number of amides is 2. The molecule has 0 aliphatic carbocycles. The highest BCUT2D eigenvalue weighted by atomic mass is 32.1. The van der Waals surface area contributed by atoms with E-state index in [4.69, 9.17) is 0 Å². The van der Waals surface area contributed by atoms with E-state index >= 15 is 0 Å². The van der Waals surface area contributed by atoms with Crippen molar-refractivity contribution in [3.8, 4) is 5.13 Å². The molecule has 1 atom stereocenters. The molecule has 1 aliphatic rings. The van der Waals surface area contributed by atoms with Crippen LogP contribution in [0.15, 0.2) is 41.8 Å². The molecule has 0 bridgehead atoms. The second-order valence-corrected chi connectivity index (χ2v) is 8.08. The maximum atomic E-state index is 12.5. The predicted octanol–water partition coefficient (Wildman–Crippen LogP) is 2.66. The zero-order valence-corrected chi connectivity index (χ0v) is 17.3. The number of rotatable bonds is 6. The van der Waals surface area contributed by atoms with Crippen molar-refractivity contribution in [3.05, 3.63) is 58.9 Å². The first-order valence-corrected chi connectivity index (χ1v) is 10.5. The fourth-order valence-electron chi connectivity index (χ4n) is 3.53. The number of para-hydroxylation sites is 1. The van der Waals surface area contributed by atoms with Gasteiger partial charge in [-0.15, -0.1) is 11.3 Å². The van der Waals surface area contributed by atoms with Gasteiger partial charge in [0.2, 0.25) is 16.9 Å². The molecule has 1 N–H and O–H groups in total. The summed E-state index contributed by atoms with van der Waals surface area (Å²) in [7, 11) is 0. The Morgan fingerprint density at radius 2 is 2.07 bits per heavy atom. The van der Waals surface area contributed by atoms with Crippen molar-refractivity contribution >= 4 is 28.8 Å². The highest BCUT2D eigenvalue weighted by Crippen LogP contribution is 2.25. The Balaban J connectivity index is 1.30. The number of benzene rings is 1. The quantitative estimate of drug-likeness (QED) is 0.679. The second-order valence-electron chi connectivity index (χ2n) is 7.24. The predicted molar refractivity (Wildman–Crippen MR) is 112 cm³/mol. The SMILES string of the molecule is Cc1cc(C)n(-c2nc(CCNC(=O)C3CC(=O)N(c4ccccc4)C3)cs2)n1. The van der Waals surface area contributed by atoms with Gasteiger partial charge in [-0.3, -0.25) is 9.59 Å². The highest BCUT2D eigenvalue weighted by Gasteiger charge is 2.34. The van der Waals surface area contributed by atoms with Crippen LogP contribution in [-0.2, 0) is 16.0 Å². The Bertz CT molecular complexity index is 1030. The second kappa shape index (κ2) is 8.16. The van der Waals surface area contributed by atoms with Gasteiger partial charge in [0.05, 0.1) is 17.3 Å². The zero-order chi connectivity index (χ0) is 20.4. The molecule has 2 aromatic heterocycles. The summed E-state index contributed by atoms with van der Waals surface area (Å²) in [5.74, 6) is -0.403. The summed E-state index contributed by atoms with van der Waals surface area (Å²) in [5, 5.41) is 10.2. The Labute approximate surface area is 173 Å². The van der Waals surface area contributed by atoms with Crippen molar-refractivity contribution in [1.82, 2.24) is 20.1 Å². The molecule has 29 heavy (non-hydrogen) atoms. The number of anilines is 1. The summed E-state index contributed by atoms with van der Waals surface area (Å²) < 4.78 is 1.84. The summed E-state index contributed by atoms with van der Waals surface area (Å²) in [6, 6.07) is 11.5. The van der Waals surface area contributed by atoms with Crippen LogP contribution in [0.5, 0.6) is 0 Å². The number of nitrogens with zero attached hydrogens (tertiary/aromatic N) is 4. The minimum absolute atomic E-state index is 0.00891. The average Bonchev–Trinajstić information content (AvgIpc) is 3.41. The Morgan fingerprint density at radius 1 is 1.28 bits per heavy atom. The Morgan fingerprint density at radius 3 is 2.79 bits per heavy atom. The molecule has 1 saturated heterocycles. The van der Waals surface area contributed by atoms with E-state index in [1.807, 2.05) is 60.3 Å². The molecule has 0 radical (unpaired) electrons. The van der Waals surface area contributed by atoms with Gasteiger partial charge in [0.1, 0.15) is 0 Å². The first-order valence-electron chi connectivity index (χ1n) is 9.62. The van der Waals surface area contributed by atoms with Crippen LogP contribution in [0.4, 0.5) is 5.69 Å². The van der Waals surface area contributed by atoms with Crippen molar-refractivity contribution in [2.24, 2.45) is 5.92 Å². The zero-order valence-electron chi connectivity index (χ0n) is 16.5. The molecule has 4 rings (SSSR count). The number of aryl methyl sites for hydroxylation is 2. The van der Waals surface area contributed by atoms with Crippen LogP contribution in [-0.4, -0.2) is 39.7 Å². The lowest BCUT2D eigenvalue weighted by atomic mass is 10.1. The molecule has 7 nitrogen and oxygen atoms in total. The van der Waals surface area contributed by atoms with Gasteiger partial charge < -0.3 is 10.2 Å². The first-order chi connectivity index (χ1) is 14.0. The van der Waals surface area contributed by atoms with Crippen LogP contribution in [0.3, 0.4) is 0 Å². The summed E-state index contributed by atoms with van der Waals surface area (Å²) in [6.07, 6.45) is 0.893. The summed E-state index contributed by atoms with van der Waals surface area (Å²) in [6.45, 7) is 4.88. The van der Waals surface area contributed by atoms with E-state index in [2.05, 4.69) is 15.4 Å². The summed E-state index contributed by atoms with van der Waals surface area (Å²) in [5.41, 5.74) is 3.77. The first kappa shape index (κ1) is 19.3. The van der Waals surface area contributed by atoms with Crippen LogP contribution in [0.2, 0.25) is 0 Å². The summed E-state index contributed by atoms with van der Waals surface area (Å²) in [4.78, 5) is 31.1. The molecule has 150 valence electrons. The fourth-order valence-corrected chi connectivity index (χ4v) is 4.40. The number of carbonyl (C=O) groups excluding carboxylic acids is 2. The van der Waals surface area contributed by atoms with E-state index in [1.54, 1.807) is 4.90 Å². The molecule has 0 saturated carbocycles. The molecular formula is C21H23N5O2S. The van der Waals surface area contributed by atoms with Gasteiger partial charge in [-0.05, 0) is 32.0 Å². The van der Waals surface area contributed by atoms with E-state index in [0.717, 1.165) is 27.9 Å². The van der Waals surface area contributed by atoms with Crippen molar-refractivity contribution in [1.29, 1.82) is 0 Å². The van der Waals surface area contributed by atoms with Gasteiger partial charge >= 0.3 is 0 Å². The minimum Gasteiger partial charge on any atom is -0.355 e. The molecule has 1 aliphatic heterocycles. The van der Waals surface area contributed by atoms with Crippen LogP contribution < -0.4 is 10.2 Å². The number of aromatic nitrogens is 3. The Kier molecular flexibility index (Phi) is 5.44. The van der Waals surface area contributed by atoms with E-state index in [-0.39, 0.29) is 24.2 Å². The van der Waals surface area contributed by atoms with Crippen LogP contribution in [0.1, 0.15) is 23.5 Å². The monoisotopic (exact) mass is 409 g/mol. The van der Waals surface area contributed by atoms with Crippen molar-refractivity contribution in [2.45, 2.75) is 26.7 Å². The van der Waals surface area contributed by atoms with Crippen molar-refractivity contribution in [2.75, 3.05) is 18.0 Å². The van der Waals surface area contributed by atoms with Crippen LogP contribution in [0.25, 0.3) is 5.13 Å². The molecular weight excluding hydrogens is 386 g/mol. The number of hydrogen-bond acceptors (Lipinski definition) is 5. The third-order valence-electron chi connectivity index (χ3n) is 4.97. The van der Waals surface area contributed by atoms with Crippen LogP contribution >= 0.6 is 11.3 Å². The lowest BCUT2D eigenvalue weighted by Gasteiger charge is -2.16. The summed E-state index contributed by atoms with van der Waals surface area (Å²) >= 11 is 1.54. The topological polar surface area (TPSA) is 80.1 Å².